The molecule has 37 heteroatoms. The lowest BCUT2D eigenvalue weighted by Crippen LogP contribution is -2.23. The number of benzene rings is 10. The van der Waals surface area contributed by atoms with Crippen LogP contribution < -0.4 is 23.6 Å². The van der Waals surface area contributed by atoms with Crippen LogP contribution >= 0.6 is 0 Å². The van der Waals surface area contributed by atoms with Crippen molar-refractivity contribution in [1.29, 1.82) is 0 Å². The fraction of sp³-hybridized carbons (Fsp3) is 0.224. The van der Waals surface area contributed by atoms with Gasteiger partial charge >= 0.3 is 12.4 Å². The Balaban J connectivity index is 0.000000162. The highest BCUT2D eigenvalue weighted by molar-refractivity contribution is 7.90. The molecule has 10 aromatic carbocycles. The van der Waals surface area contributed by atoms with Gasteiger partial charge in [0.2, 0.25) is 50.1 Å². The second-order valence-corrected chi connectivity index (χ2v) is 40.7. The molecule has 0 amide bonds. The zero-order valence-electron chi connectivity index (χ0n) is 75.6. The number of aromatic nitrogens is 10. The van der Waals surface area contributed by atoms with E-state index in [9.17, 15) is 73.2 Å². The first-order valence-corrected chi connectivity index (χ1v) is 49.8. The topological polar surface area (TPSA) is 337 Å². The van der Waals surface area contributed by atoms with Crippen LogP contribution in [0.5, 0.6) is 0 Å². The monoisotopic (exact) mass is 1940 g/mol. The van der Waals surface area contributed by atoms with E-state index < -0.39 is 73.6 Å². The summed E-state index contributed by atoms with van der Waals surface area (Å²) in [6.07, 6.45) is 14.1. The number of alkyl halides is 6. The van der Waals surface area contributed by atoms with Crippen LogP contribution in [0.1, 0.15) is 78.5 Å². The first-order valence-electron chi connectivity index (χ1n) is 42.4. The van der Waals surface area contributed by atoms with Gasteiger partial charge < -0.3 is 22.8 Å². The van der Waals surface area contributed by atoms with E-state index >= 15 is 0 Å². The number of rotatable bonds is 31. The van der Waals surface area contributed by atoms with Crippen molar-refractivity contribution in [3.05, 3.63) is 360 Å². The van der Waals surface area contributed by atoms with Crippen LogP contribution in [0.25, 0.3) is 56.3 Å². The summed E-state index contributed by atoms with van der Waals surface area (Å²) >= 11 is 0. The van der Waals surface area contributed by atoms with Gasteiger partial charge in [-0.25, -0.2) is 90.6 Å². The highest BCUT2D eigenvalue weighted by atomic mass is 32.2. The molecule has 0 unspecified atom stereocenters. The molecule has 135 heavy (non-hydrogen) atoms. The molecule has 5 N–H and O–H groups in total. The molecule has 0 atom stereocenters. The third-order valence-corrected chi connectivity index (χ3v) is 28.9. The first kappa shape index (κ1) is 103. The Morgan fingerprint density at radius 1 is 0.296 bits per heavy atom. The van der Waals surface area contributed by atoms with Crippen LogP contribution in [0.15, 0.2) is 318 Å². The van der Waals surface area contributed by atoms with Gasteiger partial charge in [0.1, 0.15) is 0 Å². The molecule has 0 aliphatic carbocycles. The van der Waals surface area contributed by atoms with Crippen molar-refractivity contribution in [3.8, 4) is 56.3 Å². The van der Waals surface area contributed by atoms with Crippen molar-refractivity contribution in [1.82, 2.24) is 71.4 Å². The lowest BCUT2D eigenvalue weighted by molar-refractivity contribution is -0.138. The number of carbonyl (C=O) groups is 1. The molecule has 0 aliphatic heterocycles. The first-order chi connectivity index (χ1) is 64.1. The summed E-state index contributed by atoms with van der Waals surface area (Å²) in [6, 6.07) is 64.6. The molecule has 0 aliphatic rings. The third kappa shape index (κ3) is 28.1. The third-order valence-electron chi connectivity index (χ3n) is 21.7. The zero-order valence-corrected chi connectivity index (χ0v) is 79.6. The summed E-state index contributed by atoms with van der Waals surface area (Å²) in [5, 5.41) is 0. The lowest BCUT2D eigenvalue weighted by atomic mass is 9.97. The minimum absolute atomic E-state index is 0.0352. The number of ketones is 1. The Labute approximate surface area is 783 Å². The van der Waals surface area contributed by atoms with E-state index in [0.29, 0.717) is 77.1 Å². The second kappa shape index (κ2) is 45.4. The summed E-state index contributed by atoms with van der Waals surface area (Å²) < 4.78 is 220. The van der Waals surface area contributed by atoms with Gasteiger partial charge in [0, 0.05) is 113 Å². The molecule has 0 spiro atoms. The molecule has 0 bridgehead atoms. The van der Waals surface area contributed by atoms with Gasteiger partial charge in [-0.3, -0.25) is 4.79 Å². The van der Waals surface area contributed by atoms with Gasteiger partial charge in [-0.1, -0.05) is 159 Å². The summed E-state index contributed by atoms with van der Waals surface area (Å²) in [5.74, 6) is -0.0352. The van der Waals surface area contributed by atoms with E-state index in [1.54, 1.807) is 151 Å². The fourth-order valence-corrected chi connectivity index (χ4v) is 18.5. The molecule has 0 fully saturated rings. The van der Waals surface area contributed by atoms with Gasteiger partial charge in [-0.15, -0.1) is 0 Å². The summed E-state index contributed by atoms with van der Waals surface area (Å²) in [5.41, 5.74) is 14.7. The molecule has 15 rings (SSSR count). The zero-order chi connectivity index (χ0) is 97.6. The molecule has 5 aromatic heterocycles. The van der Waals surface area contributed by atoms with E-state index in [1.807, 2.05) is 116 Å². The van der Waals surface area contributed by atoms with Gasteiger partial charge in [0.15, 0.2) is 5.78 Å². The Morgan fingerprint density at radius 3 is 0.844 bits per heavy atom. The summed E-state index contributed by atoms with van der Waals surface area (Å²) in [4.78, 5) is 35.2. The van der Waals surface area contributed by atoms with Crippen molar-refractivity contribution >= 4 is 55.9 Å². The molecule has 708 valence electrons. The van der Waals surface area contributed by atoms with Crippen molar-refractivity contribution in [3.63, 3.8) is 0 Å². The predicted molar refractivity (Wildman–Crippen MR) is 509 cm³/mol. The maximum Gasteiger partial charge on any atom is 0.416 e. The van der Waals surface area contributed by atoms with Gasteiger partial charge in [0.05, 0.1) is 95.7 Å². The minimum Gasteiger partial charge on any atom is -0.340 e. The van der Waals surface area contributed by atoms with Gasteiger partial charge in [-0.2, -0.15) is 26.3 Å². The van der Waals surface area contributed by atoms with E-state index in [-0.39, 0.29) is 36.7 Å². The maximum atomic E-state index is 12.9. The highest BCUT2D eigenvalue weighted by Gasteiger charge is 2.32. The number of hydrogen-bond acceptors (Lipinski definition) is 16. The van der Waals surface area contributed by atoms with Gasteiger partial charge in [0.25, 0.3) is 0 Å². The van der Waals surface area contributed by atoms with Crippen LogP contribution in [0, 0.1) is 0 Å². The summed E-state index contributed by atoms with van der Waals surface area (Å²) in [6.45, 7) is 2.13. The van der Waals surface area contributed by atoms with Crippen LogP contribution in [0.3, 0.4) is 0 Å². The Bertz CT molecular complexity index is 7200. The largest absolute Gasteiger partial charge is 0.416 e. The number of halogens is 6. The van der Waals surface area contributed by atoms with E-state index in [1.165, 1.54) is 81.8 Å². The predicted octanol–water partition coefficient (Wildman–Crippen LogP) is 16.0. The Kier molecular flexibility index (Phi) is 34.5. The number of sulfonamides is 5. The molecule has 15 aromatic rings. The lowest BCUT2D eigenvalue weighted by Gasteiger charge is -2.12. The van der Waals surface area contributed by atoms with Crippen molar-refractivity contribution < 1.29 is 73.2 Å². The highest BCUT2D eigenvalue weighted by Crippen LogP contribution is 2.36. The van der Waals surface area contributed by atoms with Crippen molar-refractivity contribution in [2.45, 2.75) is 102 Å². The van der Waals surface area contributed by atoms with Crippen LogP contribution in [0.4, 0.5) is 26.3 Å². The smallest absolute Gasteiger partial charge is 0.340 e. The summed E-state index contributed by atoms with van der Waals surface area (Å²) in [7, 11) is -3.14. The van der Waals surface area contributed by atoms with Crippen LogP contribution in [-0.4, -0.2) is 130 Å². The molecule has 0 radical (unpaired) electrons. The number of hydrogen-bond donors (Lipinski definition) is 5. The minimum atomic E-state index is -4.39. The number of carbonyl (C=O) groups excluding carboxylic acids is 1. The van der Waals surface area contributed by atoms with Crippen LogP contribution in [0.2, 0.25) is 0 Å². The number of imidazole rings is 5. The number of Topliss-reactive ketones (excluding diaryl/α,β-unsaturated/α-hetero) is 1. The molecule has 0 saturated heterocycles. The number of aryl methyl sites for hydroxylation is 13. The molecule has 0 saturated carbocycles. The number of nitrogens with zero attached hydrogens (tertiary/aromatic N) is 10. The normalized spacial score (nSPS) is 11.9. The average Bonchev–Trinajstić information content (AvgIpc) is 1.80. The second-order valence-electron chi connectivity index (χ2n) is 31.4. The molecular weight excluding hydrogens is 1840 g/mol. The van der Waals surface area contributed by atoms with Crippen molar-refractivity contribution in [2.75, 3.05) is 34.7 Å². The molecule has 26 nitrogen and oxygen atoms in total. The standard InChI is InChI=1S/2C20H20F3N3O2S.C20H23N3O2S.C19H19N3O3S.C19H21N3O2S/c1-24-29(27,28)17-10-7-15(18(11-17)19-12-26(2)13-25-19)6-3-14-4-8-16(9-5-14)20(21,22)23;1-24-29(27,28)17-9-8-15(18(11-17)19-12-26(2)13-25-19)7-6-14-4-3-5-16(10-14)20(21,22)23;1-3-22-26(24,25)18-12-11-17(10-9-16-7-5-4-6-8-16)19(13-18)20-14-23(2)15-21-20;1-20-26(24,25)16-9-8-15(10-19(23)14-6-4-3-5-7-14)17(11-16)18-12-22(2)13-21-18;1-20-25(23,24)17-11-10-16(9-8-15-6-4-3-5-7-15)18(12-17)19-13-22(2)14-21-19/h4-5,7-13,24H,3,6H2,1-2H3;3-5,8-13,24H,6-7H2,1-2H3;4-8,11-15,22H,3,9-10H2,1-2H3;3-9,11-13,20H,10H2,1-2H3;3-7,10-14,20H,8-9H2,1-2H3. The number of nitrogens with one attached hydrogen (secondary N) is 5. The Morgan fingerprint density at radius 2 is 0.563 bits per heavy atom. The average molecular weight is 1940 g/mol. The molecule has 5 heterocycles. The fourth-order valence-electron chi connectivity index (χ4n) is 14.4. The Hall–Kier alpha value is -13.0. The van der Waals surface area contributed by atoms with E-state index in [4.69, 9.17) is 0 Å². The molecular formula is C98H103F6N15O11S5. The van der Waals surface area contributed by atoms with E-state index in [2.05, 4.69) is 72.8 Å². The van der Waals surface area contributed by atoms with E-state index in [0.717, 1.165) is 106 Å². The quantitative estimate of drug-likeness (QED) is 0.0199. The SMILES string of the molecule is CCNS(=O)(=O)c1ccc(CCc2ccccc2)c(-c2cn(C)cn2)c1.CNS(=O)(=O)c1ccc(CC(=O)c2ccccc2)c(-c2cn(C)cn2)c1.CNS(=O)(=O)c1ccc(CCc2ccc(C(F)(F)F)cc2)c(-c2cn(C)cn2)c1.CNS(=O)(=O)c1ccc(CCc2cccc(C(F)(F)F)c2)c(-c2cn(C)cn2)c1.CNS(=O)(=O)c1ccc(CCc2ccccc2)c(-c2cn(C)cn2)c1. The van der Waals surface area contributed by atoms with Crippen LogP contribution in [-0.2, 0) is 155 Å². The van der Waals surface area contributed by atoms with Crippen molar-refractivity contribution in [2.24, 2.45) is 35.2 Å². The maximum absolute atomic E-state index is 12.9. The van der Waals surface area contributed by atoms with Gasteiger partial charge in [-0.05, 0) is 208 Å².